The number of hydrogen-bond donors (Lipinski definition) is 2. The quantitative estimate of drug-likeness (QED) is 0.879. The van der Waals surface area contributed by atoms with Crippen molar-refractivity contribution >= 4 is 11.7 Å². The van der Waals surface area contributed by atoms with Gasteiger partial charge in [0.25, 0.3) is 0 Å². The Morgan fingerprint density at radius 3 is 2.64 bits per heavy atom. The predicted octanol–water partition coefficient (Wildman–Crippen LogP) is 2.69. The Morgan fingerprint density at radius 1 is 1.23 bits per heavy atom. The molecule has 2 N–H and O–H groups in total. The third kappa shape index (κ3) is 3.91. The summed E-state index contributed by atoms with van der Waals surface area (Å²) in [5.41, 5.74) is 0.726. The molecule has 5 heteroatoms. The van der Waals surface area contributed by atoms with Crippen LogP contribution in [-0.4, -0.2) is 43.7 Å². The lowest BCUT2D eigenvalue weighted by atomic mass is 10.1. The van der Waals surface area contributed by atoms with Crippen LogP contribution >= 0.6 is 0 Å². The monoisotopic (exact) mass is 303 g/mol. The van der Waals surface area contributed by atoms with Crippen molar-refractivity contribution in [2.45, 2.75) is 31.7 Å². The van der Waals surface area contributed by atoms with Crippen LogP contribution in [0.4, 0.5) is 10.5 Å². The number of rotatable bonds is 5. The van der Waals surface area contributed by atoms with Gasteiger partial charge in [-0.3, -0.25) is 0 Å². The number of likely N-dealkylation sites (tertiary alicyclic amines) is 1. The number of anilines is 1. The van der Waals surface area contributed by atoms with Crippen LogP contribution in [0.15, 0.2) is 24.3 Å². The van der Waals surface area contributed by atoms with Gasteiger partial charge >= 0.3 is 6.03 Å². The van der Waals surface area contributed by atoms with Gasteiger partial charge in [-0.05, 0) is 50.3 Å². The van der Waals surface area contributed by atoms with Gasteiger partial charge in [0.1, 0.15) is 5.75 Å². The minimum Gasteiger partial charge on any atom is -0.495 e. The molecule has 2 aliphatic rings. The summed E-state index contributed by atoms with van der Waals surface area (Å²) in [5, 5.41) is 6.58. The SMILES string of the molecule is COc1ccccc1NC(=O)N1CCC(NCC2CC2)CC1. The number of amides is 2. The second-order valence-corrected chi connectivity index (χ2v) is 6.24. The van der Waals surface area contributed by atoms with Crippen molar-refractivity contribution in [3.05, 3.63) is 24.3 Å². The number of nitrogens with one attached hydrogen (secondary N) is 2. The van der Waals surface area contributed by atoms with Gasteiger partial charge in [-0.15, -0.1) is 0 Å². The van der Waals surface area contributed by atoms with Crippen molar-refractivity contribution in [3.8, 4) is 5.75 Å². The van der Waals surface area contributed by atoms with Gasteiger partial charge in [-0.25, -0.2) is 4.79 Å². The lowest BCUT2D eigenvalue weighted by Gasteiger charge is -2.32. The van der Waals surface area contributed by atoms with Gasteiger partial charge in [0.15, 0.2) is 0 Å². The molecule has 1 heterocycles. The van der Waals surface area contributed by atoms with E-state index in [0.717, 1.165) is 44.1 Å². The van der Waals surface area contributed by atoms with E-state index in [1.54, 1.807) is 7.11 Å². The fraction of sp³-hybridized carbons (Fsp3) is 0.588. The highest BCUT2D eigenvalue weighted by Crippen LogP contribution is 2.28. The Kier molecular flexibility index (Phi) is 4.83. The summed E-state index contributed by atoms with van der Waals surface area (Å²) in [4.78, 5) is 14.2. The van der Waals surface area contributed by atoms with E-state index in [4.69, 9.17) is 4.74 Å². The van der Waals surface area contributed by atoms with Gasteiger partial charge in [-0.2, -0.15) is 0 Å². The number of nitrogens with zero attached hydrogens (tertiary/aromatic N) is 1. The molecule has 0 aromatic heterocycles. The Labute approximate surface area is 132 Å². The summed E-state index contributed by atoms with van der Waals surface area (Å²) in [6.07, 6.45) is 4.83. The topological polar surface area (TPSA) is 53.6 Å². The summed E-state index contributed by atoms with van der Waals surface area (Å²) in [5.74, 6) is 1.60. The Bertz CT molecular complexity index is 508. The molecule has 0 unspecified atom stereocenters. The van der Waals surface area contributed by atoms with Crippen LogP contribution in [-0.2, 0) is 0 Å². The molecule has 1 aliphatic heterocycles. The van der Waals surface area contributed by atoms with Crippen molar-refractivity contribution in [3.63, 3.8) is 0 Å². The minimum atomic E-state index is -0.0369. The molecule has 5 nitrogen and oxygen atoms in total. The number of carbonyl (C=O) groups excluding carboxylic acids is 1. The van der Waals surface area contributed by atoms with Crippen LogP contribution in [0.2, 0.25) is 0 Å². The predicted molar refractivity (Wildman–Crippen MR) is 87.3 cm³/mol. The van der Waals surface area contributed by atoms with E-state index < -0.39 is 0 Å². The summed E-state index contributed by atoms with van der Waals surface area (Å²) in [6.45, 7) is 2.77. The first-order chi connectivity index (χ1) is 10.8. The molecule has 1 saturated carbocycles. The third-order valence-corrected chi connectivity index (χ3v) is 4.52. The zero-order valence-electron chi connectivity index (χ0n) is 13.2. The molecule has 1 aliphatic carbocycles. The van der Waals surface area contributed by atoms with Gasteiger partial charge in [0.05, 0.1) is 12.8 Å². The highest BCUT2D eigenvalue weighted by molar-refractivity contribution is 5.91. The van der Waals surface area contributed by atoms with E-state index in [2.05, 4.69) is 10.6 Å². The molecule has 1 aromatic rings. The lowest BCUT2D eigenvalue weighted by molar-refractivity contribution is 0.188. The molecule has 22 heavy (non-hydrogen) atoms. The van der Waals surface area contributed by atoms with Crippen molar-refractivity contribution in [1.29, 1.82) is 0 Å². The minimum absolute atomic E-state index is 0.0369. The van der Waals surface area contributed by atoms with Crippen LogP contribution < -0.4 is 15.4 Å². The smallest absolute Gasteiger partial charge is 0.321 e. The van der Waals surface area contributed by atoms with E-state index in [1.165, 1.54) is 12.8 Å². The summed E-state index contributed by atoms with van der Waals surface area (Å²) in [6, 6.07) is 8.03. The standard InChI is InChI=1S/C17H25N3O2/c1-22-16-5-3-2-4-15(16)19-17(21)20-10-8-14(9-11-20)18-12-13-6-7-13/h2-5,13-14,18H,6-12H2,1H3,(H,19,21). The highest BCUT2D eigenvalue weighted by atomic mass is 16.5. The number of benzene rings is 1. The van der Waals surface area contributed by atoms with Gasteiger partial charge < -0.3 is 20.3 Å². The number of methoxy groups -OCH3 is 1. The van der Waals surface area contributed by atoms with Crippen LogP contribution in [0.25, 0.3) is 0 Å². The summed E-state index contributed by atoms with van der Waals surface area (Å²) >= 11 is 0. The van der Waals surface area contributed by atoms with Gasteiger partial charge in [-0.1, -0.05) is 12.1 Å². The maximum absolute atomic E-state index is 12.4. The van der Waals surface area contributed by atoms with Crippen molar-refractivity contribution < 1.29 is 9.53 Å². The molecular weight excluding hydrogens is 278 g/mol. The fourth-order valence-corrected chi connectivity index (χ4v) is 2.88. The number of hydrogen-bond acceptors (Lipinski definition) is 3. The van der Waals surface area contributed by atoms with E-state index in [9.17, 15) is 4.79 Å². The fourth-order valence-electron chi connectivity index (χ4n) is 2.88. The molecule has 0 spiro atoms. The number of carbonyl (C=O) groups is 1. The lowest BCUT2D eigenvalue weighted by Crippen LogP contribution is -2.46. The Hall–Kier alpha value is -1.75. The van der Waals surface area contributed by atoms with Crippen LogP contribution in [0, 0.1) is 5.92 Å². The Balaban J connectivity index is 1.46. The number of piperidine rings is 1. The second kappa shape index (κ2) is 7.01. The Morgan fingerprint density at radius 2 is 1.95 bits per heavy atom. The summed E-state index contributed by atoms with van der Waals surface area (Å²) < 4.78 is 5.27. The van der Waals surface area contributed by atoms with Crippen LogP contribution in [0.3, 0.4) is 0 Å². The van der Waals surface area contributed by atoms with Crippen LogP contribution in [0.5, 0.6) is 5.75 Å². The maximum Gasteiger partial charge on any atom is 0.321 e. The maximum atomic E-state index is 12.4. The molecule has 3 rings (SSSR count). The van der Waals surface area contributed by atoms with Gasteiger partial charge in [0.2, 0.25) is 0 Å². The zero-order valence-corrected chi connectivity index (χ0v) is 13.2. The highest BCUT2D eigenvalue weighted by Gasteiger charge is 2.26. The third-order valence-electron chi connectivity index (χ3n) is 4.52. The first-order valence-corrected chi connectivity index (χ1v) is 8.18. The molecule has 1 aromatic carbocycles. The first-order valence-electron chi connectivity index (χ1n) is 8.18. The normalized spacial score (nSPS) is 19.0. The van der Waals surface area contributed by atoms with E-state index in [1.807, 2.05) is 29.2 Å². The first kappa shape index (κ1) is 15.2. The number of ether oxygens (including phenoxy) is 1. The van der Waals surface area contributed by atoms with E-state index in [-0.39, 0.29) is 6.03 Å². The van der Waals surface area contributed by atoms with E-state index in [0.29, 0.717) is 11.8 Å². The van der Waals surface area contributed by atoms with E-state index >= 15 is 0 Å². The van der Waals surface area contributed by atoms with Crippen molar-refractivity contribution in [2.24, 2.45) is 5.92 Å². The molecule has 0 bridgehead atoms. The molecule has 120 valence electrons. The molecule has 2 fully saturated rings. The summed E-state index contributed by atoms with van der Waals surface area (Å²) in [7, 11) is 1.61. The number of urea groups is 1. The molecule has 0 atom stereocenters. The van der Waals surface area contributed by atoms with Crippen LogP contribution in [0.1, 0.15) is 25.7 Å². The zero-order chi connectivity index (χ0) is 15.4. The second-order valence-electron chi connectivity index (χ2n) is 6.24. The molecule has 2 amide bonds. The molecule has 0 radical (unpaired) electrons. The molecular formula is C17H25N3O2. The largest absolute Gasteiger partial charge is 0.495 e. The van der Waals surface area contributed by atoms with Gasteiger partial charge in [0, 0.05) is 19.1 Å². The van der Waals surface area contributed by atoms with Crippen molar-refractivity contribution in [1.82, 2.24) is 10.2 Å². The number of para-hydroxylation sites is 2. The van der Waals surface area contributed by atoms with Crippen molar-refractivity contribution in [2.75, 3.05) is 32.1 Å². The molecule has 1 saturated heterocycles. The average molecular weight is 303 g/mol. The average Bonchev–Trinajstić information content (AvgIpc) is 3.38.